The van der Waals surface area contributed by atoms with E-state index in [2.05, 4.69) is 36.0 Å². The van der Waals surface area contributed by atoms with E-state index in [1.54, 1.807) is 127 Å². The maximum absolute atomic E-state index is 13.1. The molecule has 0 bridgehead atoms. The van der Waals surface area contributed by atoms with E-state index in [1.165, 1.54) is 65.1 Å². The minimum atomic E-state index is -3.66. The van der Waals surface area contributed by atoms with Crippen molar-refractivity contribution in [2.24, 2.45) is 0 Å². The highest BCUT2D eigenvalue weighted by Gasteiger charge is 2.30. The summed E-state index contributed by atoms with van der Waals surface area (Å²) in [5, 5.41) is 21.2. The number of aryl methyl sites for hydroxylation is 1. The summed E-state index contributed by atoms with van der Waals surface area (Å²) < 4.78 is 116. The fourth-order valence-corrected chi connectivity index (χ4v) is 17.8. The summed E-state index contributed by atoms with van der Waals surface area (Å²) in [5.41, 5.74) is 3.77. The molecule has 0 unspecified atom stereocenters. The number of nitrogens with one attached hydrogen (secondary N) is 4. The van der Waals surface area contributed by atoms with Crippen LogP contribution in [0.2, 0.25) is 5.02 Å². The van der Waals surface area contributed by atoms with Gasteiger partial charge in [0, 0.05) is 72.8 Å². The Balaban J connectivity index is 0.000000148. The molecule has 0 atom stereocenters. The van der Waals surface area contributed by atoms with Crippen molar-refractivity contribution < 1.29 is 71.6 Å². The van der Waals surface area contributed by atoms with Crippen LogP contribution in [0.15, 0.2) is 243 Å². The first-order valence-corrected chi connectivity index (χ1v) is 42.7. The van der Waals surface area contributed by atoms with Crippen LogP contribution in [0.4, 0.5) is 22.7 Å². The number of carbonyl (C=O) groups is 4. The zero-order chi connectivity index (χ0) is 79.0. The van der Waals surface area contributed by atoms with Crippen molar-refractivity contribution in [3.8, 4) is 11.5 Å². The Labute approximate surface area is 663 Å². The van der Waals surface area contributed by atoms with Crippen molar-refractivity contribution in [1.29, 1.82) is 0 Å². The van der Waals surface area contributed by atoms with Crippen molar-refractivity contribution in [2.45, 2.75) is 115 Å². The molecule has 0 spiro atoms. The third-order valence-corrected chi connectivity index (χ3v) is 25.3. The van der Waals surface area contributed by atoms with E-state index in [4.69, 9.17) is 38.7 Å². The lowest BCUT2D eigenvalue weighted by Gasteiger charge is -2.21. The predicted molar refractivity (Wildman–Crippen MR) is 427 cm³/mol. The first kappa shape index (κ1) is 82.7. The number of hydrogen-bond acceptors (Lipinski definition) is 21. The molecule has 14 rings (SSSR count). The number of rotatable bonds is 26. The number of anilines is 4. The Hall–Kier alpha value is -10.3. The second-order valence-corrected chi connectivity index (χ2v) is 33.9. The lowest BCUT2D eigenvalue weighted by Crippen LogP contribution is -2.32. The van der Waals surface area contributed by atoms with Gasteiger partial charge in [-0.15, -0.1) is 22.0 Å². The van der Waals surface area contributed by atoms with Crippen molar-refractivity contribution in [3.05, 3.63) is 251 Å². The van der Waals surface area contributed by atoms with E-state index < -0.39 is 47.8 Å². The molecule has 0 saturated carbocycles. The normalized spacial score (nSPS) is 14.0. The van der Waals surface area contributed by atoms with Crippen molar-refractivity contribution in [1.82, 2.24) is 33.3 Å². The molecule has 4 N–H and O–H groups in total. The summed E-state index contributed by atoms with van der Waals surface area (Å²) in [7, 11) is -8.01. The Morgan fingerprint density at radius 3 is 1.91 bits per heavy atom. The number of halogens is 1. The van der Waals surface area contributed by atoms with Crippen molar-refractivity contribution in [3.63, 3.8) is 0 Å². The average Bonchev–Trinajstić information content (AvgIpc) is 0.937. The largest absolute Gasteiger partial charge is 0.495 e. The first-order chi connectivity index (χ1) is 54.1. The molecule has 0 radical (unpaired) electrons. The lowest BCUT2D eigenvalue weighted by molar-refractivity contribution is -0.117. The third kappa shape index (κ3) is 22.7. The molecule has 27 nitrogen and oxygen atoms in total. The van der Waals surface area contributed by atoms with Gasteiger partial charge in [0.2, 0.25) is 36.0 Å². The molecule has 8 heterocycles. The quantitative estimate of drug-likeness (QED) is 0.0289. The number of methoxy groups -OCH3 is 1. The molecule has 112 heavy (non-hydrogen) atoms. The number of amides is 4. The summed E-state index contributed by atoms with van der Waals surface area (Å²) in [6.45, 7) is 5.03. The van der Waals surface area contributed by atoms with E-state index in [-0.39, 0.29) is 50.2 Å². The van der Waals surface area contributed by atoms with Gasteiger partial charge in [-0.2, -0.15) is 13.7 Å². The van der Waals surface area contributed by atoms with E-state index in [9.17, 15) is 44.4 Å². The number of thioether (sulfide) groups is 2. The Morgan fingerprint density at radius 2 is 1.24 bits per heavy atom. The van der Waals surface area contributed by atoms with Gasteiger partial charge in [0.05, 0.1) is 57.5 Å². The second kappa shape index (κ2) is 39.8. The molecule has 3 aliphatic rings. The highest BCUT2D eigenvalue weighted by Crippen LogP contribution is 2.34. The van der Waals surface area contributed by atoms with E-state index in [0.29, 0.717) is 108 Å². The molecule has 6 aromatic carbocycles. The maximum Gasteiger partial charge on any atom is 0.291 e. The fraction of sp³-hybridized carbons (Fsp3) is 0.278. The minimum absolute atomic E-state index is 0.106. The predicted octanol–water partition coefficient (Wildman–Crippen LogP) is 14.9. The van der Waals surface area contributed by atoms with E-state index >= 15 is 0 Å². The third-order valence-electron chi connectivity index (χ3n) is 17.8. The van der Waals surface area contributed by atoms with E-state index in [1.807, 2.05) is 71.6 Å². The number of hydrogen-bond donors (Lipinski definition) is 4. The second-order valence-electron chi connectivity index (χ2n) is 25.6. The van der Waals surface area contributed by atoms with Crippen LogP contribution in [0.25, 0.3) is 0 Å². The number of fused-ring (bicyclic) bond motifs is 1. The number of nitrogens with zero attached hydrogens (tertiary/aromatic N) is 7. The van der Waals surface area contributed by atoms with Crippen molar-refractivity contribution in [2.75, 3.05) is 73.5 Å². The van der Waals surface area contributed by atoms with Gasteiger partial charge in [-0.05, 0) is 179 Å². The number of sulfonamides is 3. The zero-order valence-corrected chi connectivity index (χ0v) is 66.4. The maximum atomic E-state index is 13.1. The fourth-order valence-electron chi connectivity index (χ4n) is 12.0. The number of para-hydroxylation sites is 2. The van der Waals surface area contributed by atoms with Gasteiger partial charge >= 0.3 is 0 Å². The molecular weight excluding hydrogens is 1550 g/mol. The molecule has 11 aromatic rings. The Kier molecular flexibility index (Phi) is 29.3. The molecule has 2 saturated heterocycles. The van der Waals surface area contributed by atoms with Crippen molar-refractivity contribution >= 4 is 112 Å². The summed E-state index contributed by atoms with van der Waals surface area (Å²) in [6.07, 6.45) is 13.8. The number of carbonyl (C=O) groups excluding carboxylic acids is 4. The smallest absolute Gasteiger partial charge is 0.291 e. The topological polar surface area (TPSA) is 343 Å². The summed E-state index contributed by atoms with van der Waals surface area (Å²) in [6, 6.07) is 52.2. The van der Waals surface area contributed by atoms with Gasteiger partial charge in [0.15, 0.2) is 23.9 Å². The molecule has 588 valence electrons. The summed E-state index contributed by atoms with van der Waals surface area (Å²) in [4.78, 5) is 52.8. The standard InChI is InChI=1S/C22H26N4O5S.C20H18ClN3O3S.C20H20N2O4S2.C17H20N2O4S/c1-30-20-10-8-18(32(28,29)26-13-4-2-3-5-14-26)15-19(20)24-22(27)21-9-7-17(31-21)16-25-12-6-11-23-25;21-15-7-2-4-9-17(15)26-13-18-22-23-20(27-18)28-11-5-10-24-16-8-3-1-6-14(16)12-19(24)25;1-14-8-9-15(12-19(14)28(24,25)21-2)22-20(23)18-11-10-16(26-18)13-27-17-6-4-3-5-7-17;20-17(16-9-6-12-23-16)18-14-7-5-8-15(13-14)24(21,22)19-10-3-1-2-4-11-19/h6-12,15H,2-5,13-14,16H2,1H3,(H,24,27);1-4,6-9H,5,10-13H2;3-12,21H,13H2,1-2H3,(H,22,23);5-9,12-13H,1-4,10-11H2,(H,18,20). The van der Waals surface area contributed by atoms with Crippen LogP contribution in [0, 0.1) is 6.92 Å². The molecule has 2 fully saturated rings. The number of ether oxygens (including phenoxy) is 2. The van der Waals surface area contributed by atoms with Gasteiger partial charge in [-0.3, -0.25) is 23.9 Å². The van der Waals surface area contributed by atoms with Crippen LogP contribution in [0.3, 0.4) is 0 Å². The monoisotopic (exact) mass is 1640 g/mol. The van der Waals surface area contributed by atoms with Gasteiger partial charge in [-0.1, -0.05) is 110 Å². The van der Waals surface area contributed by atoms with Crippen LogP contribution in [-0.2, 0) is 60.2 Å². The Bertz CT molecular complexity index is 5320. The van der Waals surface area contributed by atoms with Crippen LogP contribution in [0.5, 0.6) is 11.5 Å². The Morgan fingerprint density at radius 1 is 0.598 bits per heavy atom. The van der Waals surface area contributed by atoms with Gasteiger partial charge in [0.25, 0.3) is 28.8 Å². The van der Waals surface area contributed by atoms with Crippen LogP contribution >= 0.6 is 35.1 Å². The molecule has 0 aliphatic carbocycles. The number of furan rings is 3. The number of aromatic nitrogens is 4. The highest BCUT2D eigenvalue weighted by molar-refractivity contribution is 7.99. The SMILES string of the molecule is CNS(=O)(=O)c1cc(NC(=O)c2ccc(CSc3ccccc3)o2)ccc1C.COc1ccc(S(=O)(=O)N2CCCCCC2)cc1NC(=O)c1ccc(Cn2cccn2)o1.O=C(Nc1cccc(S(=O)(=O)N2CCCCCC2)c1)c1ccco1.O=C1Cc2ccccc2N1CCCSc1nnc(COc2ccccc2Cl)o1. The molecule has 5 aromatic heterocycles. The highest BCUT2D eigenvalue weighted by atomic mass is 35.5. The number of benzene rings is 6. The minimum Gasteiger partial charge on any atom is -0.495 e. The zero-order valence-electron chi connectivity index (χ0n) is 61.6. The van der Waals surface area contributed by atoms with Crippen LogP contribution in [-0.4, -0.2) is 130 Å². The lowest BCUT2D eigenvalue weighted by atomic mass is 10.2. The van der Waals surface area contributed by atoms with Gasteiger partial charge in [-0.25, -0.2) is 30.0 Å². The molecule has 33 heteroatoms. The van der Waals surface area contributed by atoms with E-state index in [0.717, 1.165) is 79.7 Å². The van der Waals surface area contributed by atoms with Crippen LogP contribution < -0.4 is 35.0 Å². The average molecular weight is 1640 g/mol. The van der Waals surface area contributed by atoms with Gasteiger partial charge in [0.1, 0.15) is 23.0 Å². The summed E-state index contributed by atoms with van der Waals surface area (Å²) in [5.74, 6) is 3.22. The molecule has 3 aliphatic heterocycles. The first-order valence-electron chi connectivity index (χ1n) is 36.0. The van der Waals surface area contributed by atoms with Crippen LogP contribution in [0.1, 0.15) is 118 Å². The summed E-state index contributed by atoms with van der Waals surface area (Å²) >= 11 is 9.14. The molecular formula is C79H84ClN11O16S5. The molecule has 4 amide bonds. The van der Waals surface area contributed by atoms with Gasteiger partial charge < -0.3 is 48.0 Å².